The molecule has 0 saturated carbocycles. The molecule has 1 aliphatic heterocycles. The van der Waals surface area contributed by atoms with Crippen LogP contribution in [0.2, 0.25) is 0 Å². The second kappa shape index (κ2) is 7.72. The maximum Gasteiger partial charge on any atom is 0.274 e. The molecule has 0 spiro atoms. The van der Waals surface area contributed by atoms with Gasteiger partial charge in [0.15, 0.2) is 0 Å². The van der Waals surface area contributed by atoms with Crippen molar-refractivity contribution < 1.29 is 13.9 Å². The molecule has 7 heteroatoms. The quantitative estimate of drug-likeness (QED) is 0.484. The van der Waals surface area contributed by atoms with Gasteiger partial charge in [-0.1, -0.05) is 29.5 Å². The molecule has 30 heavy (non-hydrogen) atoms. The largest absolute Gasteiger partial charge is 0.467 e. The standard InChI is InChI=1S/C23H22FN3O2S/c1-26-14-15(18-4-2-3-5-20(18)26)12-22(28)27-10-8-17(9-11-27)29-23-25-19-7-6-16(24)13-21(19)30-23/h2-7,13-14,17H,8-12H2,1H3. The first-order valence-electron chi connectivity index (χ1n) is 10.1. The third-order valence-corrected chi connectivity index (χ3v) is 6.62. The number of nitrogens with zero attached hydrogens (tertiary/aromatic N) is 3. The van der Waals surface area contributed by atoms with Crippen LogP contribution in [-0.4, -0.2) is 39.6 Å². The van der Waals surface area contributed by atoms with Crippen LogP contribution < -0.4 is 4.74 Å². The van der Waals surface area contributed by atoms with Gasteiger partial charge in [-0.3, -0.25) is 4.79 Å². The van der Waals surface area contributed by atoms with Gasteiger partial charge in [-0.2, -0.15) is 0 Å². The Balaban J connectivity index is 1.20. The van der Waals surface area contributed by atoms with Gasteiger partial charge in [0.2, 0.25) is 5.91 Å². The van der Waals surface area contributed by atoms with Gasteiger partial charge in [-0.15, -0.1) is 0 Å². The van der Waals surface area contributed by atoms with E-state index < -0.39 is 0 Å². The van der Waals surface area contributed by atoms with E-state index in [1.165, 1.54) is 23.5 Å². The molecule has 4 aromatic rings. The summed E-state index contributed by atoms with van der Waals surface area (Å²) >= 11 is 1.36. The van der Waals surface area contributed by atoms with Gasteiger partial charge in [0.25, 0.3) is 5.19 Å². The molecule has 3 heterocycles. The molecule has 154 valence electrons. The number of ether oxygens (including phenoxy) is 1. The average molecular weight is 424 g/mol. The van der Waals surface area contributed by atoms with Gasteiger partial charge in [-0.25, -0.2) is 9.37 Å². The summed E-state index contributed by atoms with van der Waals surface area (Å²) in [6.45, 7) is 1.35. The summed E-state index contributed by atoms with van der Waals surface area (Å²) < 4.78 is 22.3. The normalized spacial score (nSPS) is 15.2. The van der Waals surface area contributed by atoms with E-state index in [0.717, 1.165) is 39.5 Å². The number of likely N-dealkylation sites (tertiary alicyclic amines) is 1. The molecule has 1 amide bonds. The molecule has 0 bridgehead atoms. The summed E-state index contributed by atoms with van der Waals surface area (Å²) in [4.78, 5) is 19.2. The number of piperidine rings is 1. The van der Waals surface area contributed by atoms with Crippen molar-refractivity contribution in [2.75, 3.05) is 13.1 Å². The number of amides is 1. The average Bonchev–Trinajstić information content (AvgIpc) is 3.28. The second-order valence-electron chi connectivity index (χ2n) is 7.75. The number of hydrogen-bond acceptors (Lipinski definition) is 4. The Morgan fingerprint density at radius 1 is 1.23 bits per heavy atom. The lowest BCUT2D eigenvalue weighted by Crippen LogP contribution is -2.42. The highest BCUT2D eigenvalue weighted by atomic mass is 32.1. The predicted octanol–water partition coefficient (Wildman–Crippen LogP) is 4.54. The topological polar surface area (TPSA) is 47.4 Å². The highest BCUT2D eigenvalue weighted by Gasteiger charge is 2.25. The van der Waals surface area contributed by atoms with Crippen molar-refractivity contribution in [2.45, 2.75) is 25.4 Å². The number of hydrogen-bond donors (Lipinski definition) is 0. The molecular weight excluding hydrogens is 401 g/mol. The molecule has 1 saturated heterocycles. The first-order chi connectivity index (χ1) is 14.6. The van der Waals surface area contributed by atoms with Gasteiger partial charge in [0, 0.05) is 50.1 Å². The van der Waals surface area contributed by atoms with Crippen LogP contribution >= 0.6 is 11.3 Å². The first-order valence-corrected chi connectivity index (χ1v) is 10.9. The molecule has 2 aromatic heterocycles. The van der Waals surface area contributed by atoms with E-state index in [-0.39, 0.29) is 17.8 Å². The maximum absolute atomic E-state index is 13.4. The number of carbonyl (C=O) groups is 1. The number of halogens is 1. The number of rotatable bonds is 4. The van der Waals surface area contributed by atoms with Crippen LogP contribution in [0.5, 0.6) is 5.19 Å². The Bertz CT molecular complexity index is 1220. The van der Waals surface area contributed by atoms with Crippen LogP contribution in [0.1, 0.15) is 18.4 Å². The molecule has 0 atom stereocenters. The number of benzene rings is 2. The van der Waals surface area contributed by atoms with Crippen molar-refractivity contribution in [3.63, 3.8) is 0 Å². The lowest BCUT2D eigenvalue weighted by atomic mass is 10.1. The minimum absolute atomic E-state index is 0.0250. The molecule has 5 rings (SSSR count). The minimum Gasteiger partial charge on any atom is -0.467 e. The van der Waals surface area contributed by atoms with Gasteiger partial charge in [0.05, 0.1) is 16.6 Å². The Morgan fingerprint density at radius 2 is 2.03 bits per heavy atom. The highest BCUT2D eigenvalue weighted by Crippen LogP contribution is 2.30. The number of aryl methyl sites for hydroxylation is 1. The fraction of sp³-hybridized carbons (Fsp3) is 0.304. The van der Waals surface area contributed by atoms with Crippen molar-refractivity contribution in [3.8, 4) is 5.19 Å². The predicted molar refractivity (Wildman–Crippen MR) is 116 cm³/mol. The lowest BCUT2D eigenvalue weighted by Gasteiger charge is -2.31. The van der Waals surface area contributed by atoms with Gasteiger partial charge in [0.1, 0.15) is 11.9 Å². The smallest absolute Gasteiger partial charge is 0.274 e. The molecule has 2 aromatic carbocycles. The van der Waals surface area contributed by atoms with E-state index in [2.05, 4.69) is 21.7 Å². The third kappa shape index (κ3) is 3.65. The van der Waals surface area contributed by atoms with Crippen LogP contribution in [0.4, 0.5) is 4.39 Å². The number of thiazole rings is 1. The summed E-state index contributed by atoms with van der Waals surface area (Å²) in [5, 5.41) is 1.70. The number of fused-ring (bicyclic) bond motifs is 2. The van der Waals surface area contributed by atoms with E-state index in [0.29, 0.717) is 24.7 Å². The van der Waals surface area contributed by atoms with Crippen LogP contribution in [0.3, 0.4) is 0 Å². The monoisotopic (exact) mass is 423 g/mol. The van der Waals surface area contributed by atoms with Crippen LogP contribution in [0, 0.1) is 5.82 Å². The van der Waals surface area contributed by atoms with Crippen LogP contribution in [0.25, 0.3) is 21.1 Å². The summed E-state index contributed by atoms with van der Waals surface area (Å²) in [6, 6.07) is 12.7. The fourth-order valence-corrected chi connectivity index (χ4v) is 5.04. The molecule has 1 aliphatic rings. The Labute approximate surface area is 177 Å². The zero-order valence-electron chi connectivity index (χ0n) is 16.7. The molecule has 1 fully saturated rings. The van der Waals surface area contributed by atoms with E-state index >= 15 is 0 Å². The maximum atomic E-state index is 13.4. The third-order valence-electron chi connectivity index (χ3n) is 5.71. The SMILES string of the molecule is Cn1cc(CC(=O)N2CCC(Oc3nc4ccc(F)cc4s3)CC2)c2ccccc21. The van der Waals surface area contributed by atoms with Crippen molar-refractivity contribution in [3.05, 3.63) is 60.0 Å². The Morgan fingerprint density at radius 3 is 2.87 bits per heavy atom. The summed E-state index contributed by atoms with van der Waals surface area (Å²) in [5.74, 6) is -0.115. The van der Waals surface area contributed by atoms with Gasteiger partial charge in [-0.05, 0) is 29.8 Å². The van der Waals surface area contributed by atoms with E-state index in [1.54, 1.807) is 6.07 Å². The van der Waals surface area contributed by atoms with Gasteiger partial charge >= 0.3 is 0 Å². The fourth-order valence-electron chi connectivity index (χ4n) is 4.13. The van der Waals surface area contributed by atoms with Crippen molar-refractivity contribution in [1.82, 2.24) is 14.5 Å². The zero-order valence-corrected chi connectivity index (χ0v) is 17.5. The lowest BCUT2D eigenvalue weighted by molar-refractivity contribution is -0.132. The number of para-hydroxylation sites is 1. The Hall–Kier alpha value is -2.93. The van der Waals surface area contributed by atoms with E-state index in [4.69, 9.17) is 4.74 Å². The first kappa shape index (κ1) is 19.1. The summed E-state index contributed by atoms with van der Waals surface area (Å²) in [7, 11) is 2.01. The van der Waals surface area contributed by atoms with Crippen LogP contribution in [0.15, 0.2) is 48.7 Å². The Kier molecular flexibility index (Phi) is 4.90. The van der Waals surface area contributed by atoms with Crippen molar-refractivity contribution in [1.29, 1.82) is 0 Å². The number of aromatic nitrogens is 2. The molecule has 5 nitrogen and oxygen atoms in total. The molecule has 0 aliphatic carbocycles. The van der Waals surface area contributed by atoms with E-state index in [9.17, 15) is 9.18 Å². The summed E-state index contributed by atoms with van der Waals surface area (Å²) in [5.41, 5.74) is 2.96. The second-order valence-corrected chi connectivity index (χ2v) is 8.74. The highest BCUT2D eigenvalue weighted by molar-refractivity contribution is 7.20. The zero-order chi connectivity index (χ0) is 20.7. The van der Waals surface area contributed by atoms with Crippen molar-refractivity contribution in [2.24, 2.45) is 7.05 Å². The molecule has 0 N–H and O–H groups in total. The molecule has 0 radical (unpaired) electrons. The van der Waals surface area contributed by atoms with Gasteiger partial charge < -0.3 is 14.2 Å². The molecule has 0 unspecified atom stereocenters. The number of carbonyl (C=O) groups excluding carboxylic acids is 1. The van der Waals surface area contributed by atoms with Crippen molar-refractivity contribution >= 4 is 38.4 Å². The van der Waals surface area contributed by atoms with E-state index in [1.807, 2.05) is 30.3 Å². The minimum atomic E-state index is -0.268. The van der Waals surface area contributed by atoms with Crippen LogP contribution in [-0.2, 0) is 18.3 Å². The molecular formula is C23H22FN3O2S. The summed E-state index contributed by atoms with van der Waals surface area (Å²) in [6.07, 6.45) is 4.03.